The monoisotopic (exact) mass is 263 g/mol. The molecule has 4 heteroatoms. The number of anilines is 1. The second kappa shape index (κ2) is 5.90. The van der Waals surface area contributed by atoms with E-state index in [2.05, 4.69) is 15.9 Å². The van der Waals surface area contributed by atoms with Crippen LogP contribution in [0.25, 0.3) is 0 Å². The third-order valence-electron chi connectivity index (χ3n) is 3.43. The molecule has 0 atom stereocenters. The van der Waals surface area contributed by atoms with Crippen molar-refractivity contribution in [3.8, 4) is 0 Å². The van der Waals surface area contributed by atoms with Crippen molar-refractivity contribution in [2.45, 2.75) is 26.0 Å². The first-order chi connectivity index (χ1) is 8.92. The van der Waals surface area contributed by atoms with Gasteiger partial charge in [-0.25, -0.2) is 0 Å². The van der Waals surface area contributed by atoms with Crippen LogP contribution in [-0.4, -0.2) is 53.2 Å². The smallest absolute Gasteiger partial charge is 0.0718 e. The van der Waals surface area contributed by atoms with Crippen LogP contribution in [0.1, 0.15) is 19.4 Å². The summed E-state index contributed by atoms with van der Waals surface area (Å²) in [6.07, 6.45) is 0. The molecule has 0 aliphatic carbocycles. The van der Waals surface area contributed by atoms with Gasteiger partial charge in [0.1, 0.15) is 0 Å². The second-order valence-electron chi connectivity index (χ2n) is 6.11. The Morgan fingerprint density at radius 3 is 2.37 bits per heavy atom. The molecule has 0 amide bonds. The van der Waals surface area contributed by atoms with Crippen molar-refractivity contribution in [1.82, 2.24) is 9.80 Å². The predicted molar refractivity (Wildman–Crippen MR) is 78.9 cm³/mol. The predicted octanol–water partition coefficient (Wildman–Crippen LogP) is 1.16. The molecule has 1 aliphatic heterocycles. The van der Waals surface area contributed by atoms with E-state index in [0.717, 1.165) is 45.0 Å². The van der Waals surface area contributed by atoms with Gasteiger partial charge in [-0.15, -0.1) is 0 Å². The molecule has 1 heterocycles. The van der Waals surface area contributed by atoms with Gasteiger partial charge in [0, 0.05) is 45.0 Å². The van der Waals surface area contributed by atoms with Crippen molar-refractivity contribution in [2.75, 3.05) is 38.5 Å². The summed E-state index contributed by atoms with van der Waals surface area (Å²) >= 11 is 0. The minimum atomic E-state index is -0.601. The quantitative estimate of drug-likeness (QED) is 0.800. The Morgan fingerprint density at radius 1 is 1.16 bits per heavy atom. The summed E-state index contributed by atoms with van der Waals surface area (Å²) in [7, 11) is 0. The average molecular weight is 263 g/mol. The largest absolute Gasteiger partial charge is 0.399 e. The van der Waals surface area contributed by atoms with E-state index in [0.29, 0.717) is 0 Å². The number of nitrogen functional groups attached to an aromatic ring is 1. The highest BCUT2D eigenvalue weighted by Crippen LogP contribution is 2.13. The van der Waals surface area contributed by atoms with E-state index in [4.69, 9.17) is 5.73 Å². The lowest BCUT2D eigenvalue weighted by Crippen LogP contribution is -2.50. The van der Waals surface area contributed by atoms with Crippen LogP contribution < -0.4 is 5.73 Å². The van der Waals surface area contributed by atoms with Gasteiger partial charge in [0.05, 0.1) is 5.60 Å². The molecule has 4 nitrogen and oxygen atoms in total. The zero-order chi connectivity index (χ0) is 13.9. The molecule has 1 aliphatic rings. The summed E-state index contributed by atoms with van der Waals surface area (Å²) in [5.74, 6) is 0. The maximum Gasteiger partial charge on any atom is 0.0718 e. The first kappa shape index (κ1) is 14.3. The van der Waals surface area contributed by atoms with Gasteiger partial charge >= 0.3 is 0 Å². The Morgan fingerprint density at radius 2 is 1.79 bits per heavy atom. The summed E-state index contributed by atoms with van der Waals surface area (Å²) in [5.41, 5.74) is 7.31. The Kier molecular flexibility index (Phi) is 4.45. The molecule has 0 aromatic heterocycles. The number of aliphatic hydroxyl groups is 1. The molecule has 1 fully saturated rings. The maximum atomic E-state index is 9.83. The molecule has 3 N–H and O–H groups in total. The van der Waals surface area contributed by atoms with Crippen molar-refractivity contribution in [2.24, 2.45) is 0 Å². The number of β-amino-alcohol motifs (C(OH)–C–C–N with tert-alkyl or cyclic N) is 1. The van der Waals surface area contributed by atoms with Crippen LogP contribution in [0.4, 0.5) is 5.69 Å². The molecule has 0 spiro atoms. The second-order valence-corrected chi connectivity index (χ2v) is 6.11. The third kappa shape index (κ3) is 4.82. The lowest BCUT2D eigenvalue weighted by atomic mass is 10.1. The Hall–Kier alpha value is -1.10. The van der Waals surface area contributed by atoms with E-state index in [1.54, 1.807) is 0 Å². The highest BCUT2D eigenvalue weighted by atomic mass is 16.3. The molecule has 0 saturated carbocycles. The van der Waals surface area contributed by atoms with E-state index in [1.807, 2.05) is 32.0 Å². The molecule has 1 aromatic rings. The summed E-state index contributed by atoms with van der Waals surface area (Å²) in [5, 5.41) is 9.83. The topological polar surface area (TPSA) is 52.7 Å². The molecule has 2 rings (SSSR count). The van der Waals surface area contributed by atoms with Crippen LogP contribution in [0.3, 0.4) is 0 Å². The number of piperazine rings is 1. The molecule has 0 radical (unpaired) electrons. The van der Waals surface area contributed by atoms with Gasteiger partial charge in [-0.05, 0) is 31.5 Å². The van der Waals surface area contributed by atoms with Crippen molar-refractivity contribution in [1.29, 1.82) is 0 Å². The molecule has 106 valence electrons. The molecular formula is C15H25N3O. The van der Waals surface area contributed by atoms with Gasteiger partial charge in [-0.3, -0.25) is 9.80 Å². The third-order valence-corrected chi connectivity index (χ3v) is 3.43. The highest BCUT2D eigenvalue weighted by Gasteiger charge is 2.22. The maximum absolute atomic E-state index is 9.83. The average Bonchev–Trinajstić information content (AvgIpc) is 2.30. The minimum absolute atomic E-state index is 0.601. The van der Waals surface area contributed by atoms with E-state index in [-0.39, 0.29) is 0 Å². The number of benzene rings is 1. The van der Waals surface area contributed by atoms with Crippen molar-refractivity contribution in [3.63, 3.8) is 0 Å². The van der Waals surface area contributed by atoms with Crippen LogP contribution in [0.5, 0.6) is 0 Å². The van der Waals surface area contributed by atoms with Gasteiger partial charge in [0.15, 0.2) is 0 Å². The SMILES string of the molecule is CC(C)(O)CN1CCN(Cc2cccc(N)c2)CC1. The van der Waals surface area contributed by atoms with Crippen molar-refractivity contribution in [3.05, 3.63) is 29.8 Å². The normalized spacial score (nSPS) is 18.7. The van der Waals surface area contributed by atoms with Crippen LogP contribution in [0.15, 0.2) is 24.3 Å². The molecule has 0 bridgehead atoms. The Balaban J connectivity index is 1.80. The van der Waals surface area contributed by atoms with E-state index in [9.17, 15) is 5.11 Å². The highest BCUT2D eigenvalue weighted by molar-refractivity contribution is 5.40. The van der Waals surface area contributed by atoms with E-state index >= 15 is 0 Å². The van der Waals surface area contributed by atoms with Gasteiger partial charge in [-0.2, -0.15) is 0 Å². The summed E-state index contributed by atoms with van der Waals surface area (Å²) in [6.45, 7) is 9.58. The Labute approximate surface area is 115 Å². The lowest BCUT2D eigenvalue weighted by Gasteiger charge is -2.37. The number of nitrogens with zero attached hydrogens (tertiary/aromatic N) is 2. The number of hydrogen-bond acceptors (Lipinski definition) is 4. The molecule has 0 unspecified atom stereocenters. The van der Waals surface area contributed by atoms with Crippen LogP contribution in [-0.2, 0) is 6.54 Å². The number of nitrogens with two attached hydrogens (primary N) is 1. The van der Waals surface area contributed by atoms with E-state index < -0.39 is 5.60 Å². The fourth-order valence-electron chi connectivity index (χ4n) is 2.60. The fourth-order valence-corrected chi connectivity index (χ4v) is 2.60. The van der Waals surface area contributed by atoms with E-state index in [1.165, 1.54) is 5.56 Å². The standard InChI is InChI=1S/C15H25N3O/c1-15(2,19)12-18-8-6-17(7-9-18)11-13-4-3-5-14(16)10-13/h3-5,10,19H,6-9,11-12,16H2,1-2H3. The summed E-state index contributed by atoms with van der Waals surface area (Å²) in [6, 6.07) is 8.10. The molecule has 1 aromatic carbocycles. The lowest BCUT2D eigenvalue weighted by molar-refractivity contribution is 0.0167. The summed E-state index contributed by atoms with van der Waals surface area (Å²) < 4.78 is 0. The molecule has 19 heavy (non-hydrogen) atoms. The number of hydrogen-bond donors (Lipinski definition) is 2. The first-order valence-electron chi connectivity index (χ1n) is 6.94. The van der Waals surface area contributed by atoms with Crippen LogP contribution in [0, 0.1) is 0 Å². The fraction of sp³-hybridized carbons (Fsp3) is 0.600. The minimum Gasteiger partial charge on any atom is -0.399 e. The van der Waals surface area contributed by atoms with Crippen LogP contribution >= 0.6 is 0 Å². The van der Waals surface area contributed by atoms with Crippen molar-refractivity contribution >= 4 is 5.69 Å². The van der Waals surface area contributed by atoms with Gasteiger partial charge in [0.2, 0.25) is 0 Å². The zero-order valence-corrected chi connectivity index (χ0v) is 12.0. The summed E-state index contributed by atoms with van der Waals surface area (Å²) in [4.78, 5) is 4.77. The molecule has 1 saturated heterocycles. The van der Waals surface area contributed by atoms with Gasteiger partial charge in [0.25, 0.3) is 0 Å². The van der Waals surface area contributed by atoms with Crippen molar-refractivity contribution < 1.29 is 5.11 Å². The Bertz CT molecular complexity index is 406. The zero-order valence-electron chi connectivity index (χ0n) is 12.0. The number of rotatable bonds is 4. The molecular weight excluding hydrogens is 238 g/mol. The van der Waals surface area contributed by atoms with Gasteiger partial charge in [-0.1, -0.05) is 12.1 Å². The first-order valence-corrected chi connectivity index (χ1v) is 6.94. The van der Waals surface area contributed by atoms with Crippen LogP contribution in [0.2, 0.25) is 0 Å². The van der Waals surface area contributed by atoms with Gasteiger partial charge < -0.3 is 10.8 Å².